The van der Waals surface area contributed by atoms with E-state index in [1.807, 2.05) is 27.7 Å². The normalized spacial score (nSPS) is 15.3. The summed E-state index contributed by atoms with van der Waals surface area (Å²) in [6.07, 6.45) is 1.50. The smallest absolute Gasteiger partial charge is 0.326 e. The number of aliphatic carboxylic acids is 1. The second-order valence-electron chi connectivity index (χ2n) is 7.42. The number of nitrogens with one attached hydrogen (secondary N) is 2. The maximum atomic E-state index is 12.0. The minimum absolute atomic E-state index is 0.0830. The van der Waals surface area contributed by atoms with E-state index in [2.05, 4.69) is 31.4 Å². The van der Waals surface area contributed by atoms with E-state index in [4.69, 9.17) is 5.11 Å². The molecular formula is C15H30N2O3. The average Bonchev–Trinajstić information content (AvgIpc) is 2.19. The van der Waals surface area contributed by atoms with Crippen molar-refractivity contribution in [3.63, 3.8) is 0 Å². The molecule has 2 atom stereocenters. The molecule has 0 spiro atoms. The summed E-state index contributed by atoms with van der Waals surface area (Å²) in [7, 11) is 0. The highest BCUT2D eigenvalue weighted by molar-refractivity contribution is 5.83. The van der Waals surface area contributed by atoms with Crippen LogP contribution in [-0.2, 0) is 4.79 Å². The number of urea groups is 1. The maximum Gasteiger partial charge on any atom is 0.326 e. The molecule has 0 aromatic carbocycles. The summed E-state index contributed by atoms with van der Waals surface area (Å²) >= 11 is 0. The lowest BCUT2D eigenvalue weighted by molar-refractivity contribution is -0.140. The Morgan fingerprint density at radius 2 is 1.65 bits per heavy atom. The average molecular weight is 286 g/mol. The first-order valence-corrected chi connectivity index (χ1v) is 7.19. The van der Waals surface area contributed by atoms with Crippen molar-refractivity contribution in [2.45, 2.75) is 72.9 Å². The Hall–Kier alpha value is -1.26. The van der Waals surface area contributed by atoms with E-state index in [1.54, 1.807) is 0 Å². The van der Waals surface area contributed by atoms with E-state index < -0.39 is 18.0 Å². The van der Waals surface area contributed by atoms with E-state index in [0.717, 1.165) is 6.42 Å². The molecule has 0 heterocycles. The van der Waals surface area contributed by atoms with Gasteiger partial charge >= 0.3 is 12.0 Å². The van der Waals surface area contributed by atoms with E-state index in [9.17, 15) is 9.59 Å². The second kappa shape index (κ2) is 6.95. The summed E-state index contributed by atoms with van der Waals surface area (Å²) in [5, 5.41) is 14.6. The topological polar surface area (TPSA) is 78.4 Å². The molecule has 20 heavy (non-hydrogen) atoms. The van der Waals surface area contributed by atoms with Gasteiger partial charge in [0.25, 0.3) is 0 Å². The molecule has 2 unspecified atom stereocenters. The second-order valence-corrected chi connectivity index (χ2v) is 7.42. The highest BCUT2D eigenvalue weighted by atomic mass is 16.4. The molecule has 0 saturated carbocycles. The molecule has 0 aliphatic carbocycles. The van der Waals surface area contributed by atoms with Crippen LogP contribution in [0.2, 0.25) is 0 Å². The largest absolute Gasteiger partial charge is 0.480 e. The standard InChI is InChI=1S/C15H30N2O3/c1-8-10(2)11(12(18)19)16-13(20)17-15(6,7)9-14(3,4)5/h10-11H,8-9H2,1-7H3,(H,18,19)(H2,16,17,20). The lowest BCUT2D eigenvalue weighted by Crippen LogP contribution is -2.55. The number of hydrogen-bond acceptors (Lipinski definition) is 2. The fourth-order valence-corrected chi connectivity index (χ4v) is 2.54. The Labute approximate surface area is 122 Å². The highest BCUT2D eigenvalue weighted by Crippen LogP contribution is 2.26. The lowest BCUT2D eigenvalue weighted by atomic mass is 9.82. The van der Waals surface area contributed by atoms with Crippen LogP contribution in [0.1, 0.15) is 61.3 Å². The van der Waals surface area contributed by atoms with Crippen molar-refractivity contribution < 1.29 is 14.7 Å². The predicted molar refractivity (Wildman–Crippen MR) is 80.7 cm³/mol. The first-order valence-electron chi connectivity index (χ1n) is 7.19. The van der Waals surface area contributed by atoms with Gasteiger partial charge in [0.15, 0.2) is 0 Å². The number of carboxylic acid groups (broad SMARTS) is 1. The lowest BCUT2D eigenvalue weighted by Gasteiger charge is -2.34. The van der Waals surface area contributed by atoms with Gasteiger partial charge in [-0.1, -0.05) is 41.0 Å². The van der Waals surface area contributed by atoms with Crippen LogP contribution < -0.4 is 10.6 Å². The van der Waals surface area contributed by atoms with Crippen LogP contribution in [0, 0.1) is 11.3 Å². The van der Waals surface area contributed by atoms with Gasteiger partial charge in [0.1, 0.15) is 6.04 Å². The third-order valence-corrected chi connectivity index (χ3v) is 3.19. The number of hydrogen-bond donors (Lipinski definition) is 3. The minimum Gasteiger partial charge on any atom is -0.480 e. The zero-order chi connectivity index (χ0) is 16.1. The van der Waals surface area contributed by atoms with Crippen LogP contribution in [-0.4, -0.2) is 28.7 Å². The Morgan fingerprint density at radius 3 is 2.00 bits per heavy atom. The molecule has 2 amide bonds. The molecule has 0 fully saturated rings. The van der Waals surface area contributed by atoms with Gasteiger partial charge in [0, 0.05) is 5.54 Å². The fourth-order valence-electron chi connectivity index (χ4n) is 2.54. The van der Waals surface area contributed by atoms with Crippen molar-refractivity contribution in [3.8, 4) is 0 Å². The van der Waals surface area contributed by atoms with Gasteiger partial charge in [-0.3, -0.25) is 0 Å². The van der Waals surface area contributed by atoms with E-state index in [-0.39, 0.29) is 16.9 Å². The summed E-state index contributed by atoms with van der Waals surface area (Å²) in [5.41, 5.74) is -0.305. The van der Waals surface area contributed by atoms with Gasteiger partial charge in [-0.25, -0.2) is 9.59 Å². The highest BCUT2D eigenvalue weighted by Gasteiger charge is 2.30. The van der Waals surface area contributed by atoms with Crippen LogP contribution in [0.4, 0.5) is 4.79 Å². The van der Waals surface area contributed by atoms with Crippen molar-refractivity contribution in [1.29, 1.82) is 0 Å². The van der Waals surface area contributed by atoms with Crippen molar-refractivity contribution in [2.75, 3.05) is 0 Å². The Kier molecular flexibility index (Phi) is 6.51. The molecule has 0 aromatic rings. The number of carbonyl (C=O) groups is 2. The van der Waals surface area contributed by atoms with Gasteiger partial charge in [0.05, 0.1) is 0 Å². The minimum atomic E-state index is -0.997. The number of amides is 2. The zero-order valence-corrected chi connectivity index (χ0v) is 13.8. The van der Waals surface area contributed by atoms with Crippen LogP contribution in [0.3, 0.4) is 0 Å². The van der Waals surface area contributed by atoms with Crippen LogP contribution in [0.15, 0.2) is 0 Å². The zero-order valence-electron chi connectivity index (χ0n) is 13.8. The van der Waals surface area contributed by atoms with Crippen molar-refractivity contribution in [2.24, 2.45) is 11.3 Å². The van der Waals surface area contributed by atoms with Gasteiger partial charge in [-0.15, -0.1) is 0 Å². The molecule has 0 bridgehead atoms. The monoisotopic (exact) mass is 286 g/mol. The molecule has 5 nitrogen and oxygen atoms in total. The van der Waals surface area contributed by atoms with E-state index in [0.29, 0.717) is 6.42 Å². The third kappa shape index (κ3) is 7.36. The molecule has 5 heteroatoms. The summed E-state index contributed by atoms with van der Waals surface area (Å²) in [6, 6.07) is -1.28. The summed E-state index contributed by atoms with van der Waals surface area (Å²) in [4.78, 5) is 23.2. The molecule has 0 rings (SSSR count). The molecule has 118 valence electrons. The predicted octanol–water partition coefficient (Wildman–Crippen LogP) is 3.00. The van der Waals surface area contributed by atoms with Crippen molar-refractivity contribution in [1.82, 2.24) is 10.6 Å². The Bertz CT molecular complexity index is 346. The van der Waals surface area contributed by atoms with Gasteiger partial charge < -0.3 is 15.7 Å². The van der Waals surface area contributed by atoms with Gasteiger partial charge in [-0.2, -0.15) is 0 Å². The summed E-state index contributed by atoms with van der Waals surface area (Å²) < 4.78 is 0. The summed E-state index contributed by atoms with van der Waals surface area (Å²) in [5.74, 6) is -1.10. The molecule has 0 aliphatic heterocycles. The van der Waals surface area contributed by atoms with Crippen LogP contribution in [0.25, 0.3) is 0 Å². The number of carboxylic acids is 1. The van der Waals surface area contributed by atoms with Crippen molar-refractivity contribution >= 4 is 12.0 Å². The molecular weight excluding hydrogens is 256 g/mol. The fraction of sp³-hybridized carbons (Fsp3) is 0.867. The SMILES string of the molecule is CCC(C)C(NC(=O)NC(C)(C)CC(C)(C)C)C(=O)O. The molecule has 0 aromatic heterocycles. The van der Waals surface area contributed by atoms with Crippen LogP contribution in [0.5, 0.6) is 0 Å². The Balaban J connectivity index is 4.64. The summed E-state index contributed by atoms with van der Waals surface area (Å²) in [6.45, 7) is 13.9. The molecule has 3 N–H and O–H groups in total. The van der Waals surface area contributed by atoms with Gasteiger partial charge in [0.2, 0.25) is 0 Å². The van der Waals surface area contributed by atoms with E-state index >= 15 is 0 Å². The molecule has 0 radical (unpaired) electrons. The molecule has 0 saturated heterocycles. The van der Waals surface area contributed by atoms with Gasteiger partial charge in [-0.05, 0) is 31.6 Å². The maximum absolute atomic E-state index is 12.0. The Morgan fingerprint density at radius 1 is 1.15 bits per heavy atom. The third-order valence-electron chi connectivity index (χ3n) is 3.19. The molecule has 0 aliphatic rings. The first kappa shape index (κ1) is 18.7. The van der Waals surface area contributed by atoms with E-state index in [1.165, 1.54) is 0 Å². The first-order chi connectivity index (χ1) is 8.88. The van der Waals surface area contributed by atoms with Crippen molar-refractivity contribution in [3.05, 3.63) is 0 Å². The number of carbonyl (C=O) groups excluding carboxylic acids is 1. The van der Waals surface area contributed by atoms with Crippen LogP contribution >= 0.6 is 0 Å². The quantitative estimate of drug-likeness (QED) is 0.702. The number of rotatable bonds is 6.